The van der Waals surface area contributed by atoms with E-state index in [4.69, 9.17) is 10.5 Å². The summed E-state index contributed by atoms with van der Waals surface area (Å²) < 4.78 is 4.75. The number of rotatable bonds is 7. The van der Waals surface area contributed by atoms with Crippen molar-refractivity contribution in [3.63, 3.8) is 0 Å². The van der Waals surface area contributed by atoms with E-state index in [2.05, 4.69) is 15.1 Å². The Balaban J connectivity index is 1.73. The largest absolute Gasteiger partial charge is 0.445 e. The number of nitrogens with two attached hydrogens (primary N) is 1. The zero-order chi connectivity index (χ0) is 20.3. The third kappa shape index (κ3) is 4.13. The van der Waals surface area contributed by atoms with E-state index >= 15 is 0 Å². The van der Waals surface area contributed by atoms with Crippen LogP contribution in [-0.2, 0) is 35.3 Å². The molecule has 1 fully saturated rings. The van der Waals surface area contributed by atoms with Crippen molar-refractivity contribution >= 4 is 47.0 Å². The Hall–Kier alpha value is -2.57. The summed E-state index contributed by atoms with van der Waals surface area (Å²) >= 11 is 2.78. The van der Waals surface area contributed by atoms with E-state index in [-0.39, 0.29) is 30.4 Å². The van der Waals surface area contributed by atoms with E-state index in [1.54, 1.807) is 0 Å². The highest BCUT2D eigenvalue weighted by molar-refractivity contribution is 8.00. The number of thiophene rings is 1. The predicted molar refractivity (Wildman–Crippen MR) is 98.7 cm³/mol. The number of primary amides is 1. The van der Waals surface area contributed by atoms with Crippen LogP contribution in [0, 0.1) is 0 Å². The van der Waals surface area contributed by atoms with Crippen LogP contribution < -0.4 is 11.1 Å². The van der Waals surface area contributed by atoms with Crippen molar-refractivity contribution in [3.05, 3.63) is 33.7 Å². The van der Waals surface area contributed by atoms with Gasteiger partial charge in [0, 0.05) is 16.2 Å². The maximum absolute atomic E-state index is 12.6. The second-order valence-corrected chi connectivity index (χ2v) is 7.95. The Morgan fingerprint density at radius 2 is 2.18 bits per heavy atom. The van der Waals surface area contributed by atoms with E-state index in [9.17, 15) is 19.2 Å². The molecule has 3 N–H and O–H groups in total. The molecule has 3 heterocycles. The van der Waals surface area contributed by atoms with Crippen molar-refractivity contribution in [3.8, 4) is 0 Å². The summed E-state index contributed by atoms with van der Waals surface area (Å²) in [6.07, 6.45) is -0.835. The first-order chi connectivity index (χ1) is 13.4. The van der Waals surface area contributed by atoms with Crippen LogP contribution in [0.4, 0.5) is 4.79 Å². The molecular weight excluding hydrogens is 410 g/mol. The number of nitrogens with zero attached hydrogens (tertiary/aromatic N) is 1. The summed E-state index contributed by atoms with van der Waals surface area (Å²) in [4.78, 5) is 59.0. The monoisotopic (exact) mass is 427 g/mol. The number of β-lactam (4-membered cyclic amide) rings is 1. The molecule has 0 spiro atoms. The molecule has 0 radical (unpaired) electrons. The number of thioether (sulfide) groups is 1. The summed E-state index contributed by atoms with van der Waals surface area (Å²) in [6.45, 7) is -0.262. The number of nitrogens with one attached hydrogen (secondary N) is 1. The van der Waals surface area contributed by atoms with Gasteiger partial charge in [-0.1, -0.05) is 6.07 Å². The molecule has 12 heteroatoms. The molecule has 0 saturated carbocycles. The molecule has 1 saturated heterocycles. The highest BCUT2D eigenvalue weighted by atomic mass is 32.2. The average Bonchev–Trinajstić information content (AvgIpc) is 3.16. The average molecular weight is 427 g/mol. The van der Waals surface area contributed by atoms with Crippen LogP contribution in [0.15, 0.2) is 28.8 Å². The van der Waals surface area contributed by atoms with Crippen LogP contribution in [0.25, 0.3) is 0 Å². The van der Waals surface area contributed by atoms with Crippen molar-refractivity contribution in [1.29, 1.82) is 0 Å². The second-order valence-electron chi connectivity index (χ2n) is 5.81. The first-order valence-corrected chi connectivity index (χ1v) is 10.0. The second kappa shape index (κ2) is 8.63. The van der Waals surface area contributed by atoms with Gasteiger partial charge in [-0.2, -0.15) is 4.89 Å². The van der Waals surface area contributed by atoms with Gasteiger partial charge in [-0.25, -0.2) is 9.59 Å². The summed E-state index contributed by atoms with van der Waals surface area (Å²) in [7, 11) is 1.15. The minimum atomic E-state index is -1.01. The van der Waals surface area contributed by atoms with Crippen molar-refractivity contribution in [2.75, 3.05) is 19.5 Å². The van der Waals surface area contributed by atoms with E-state index < -0.39 is 29.4 Å². The van der Waals surface area contributed by atoms with Crippen LogP contribution in [0.3, 0.4) is 0 Å². The summed E-state index contributed by atoms with van der Waals surface area (Å²) in [5.41, 5.74) is 5.26. The van der Waals surface area contributed by atoms with Gasteiger partial charge in [0.1, 0.15) is 23.7 Å². The fraction of sp³-hybridized carbons (Fsp3) is 0.375. The van der Waals surface area contributed by atoms with Crippen LogP contribution in [-0.4, -0.2) is 59.7 Å². The molecule has 0 bridgehead atoms. The Kier molecular flexibility index (Phi) is 6.21. The molecule has 0 aromatic carbocycles. The predicted octanol–water partition coefficient (Wildman–Crippen LogP) is 0.144. The third-order valence-corrected chi connectivity index (χ3v) is 6.24. The van der Waals surface area contributed by atoms with Gasteiger partial charge in [0.15, 0.2) is 0 Å². The minimum Gasteiger partial charge on any atom is -0.445 e. The van der Waals surface area contributed by atoms with Crippen LogP contribution >= 0.6 is 23.1 Å². The maximum Gasteiger partial charge on any atom is 0.404 e. The number of carbonyl (C=O) groups is 4. The number of amides is 3. The van der Waals surface area contributed by atoms with E-state index in [0.29, 0.717) is 5.57 Å². The molecule has 1 aromatic rings. The first-order valence-electron chi connectivity index (χ1n) is 8.08. The number of hydrogen-bond donors (Lipinski definition) is 2. The van der Waals surface area contributed by atoms with Crippen molar-refractivity contribution < 1.29 is 33.7 Å². The molecule has 3 rings (SSSR count). The van der Waals surface area contributed by atoms with Crippen LogP contribution in [0.2, 0.25) is 0 Å². The fourth-order valence-corrected chi connectivity index (χ4v) is 4.88. The van der Waals surface area contributed by atoms with Gasteiger partial charge in [-0.15, -0.1) is 23.1 Å². The molecule has 2 aliphatic rings. The standard InChI is InChI=1S/C16H17N3O7S2/c1-24-26-15(22)12-8(6-25-16(17)23)7-28-14-11(13(21)19(12)14)18-10(20)5-9-3-2-4-27-9/h2-4,11,14H,5-7H2,1H3,(H2,17,23)(H,18,20)/t11-,14+/m1/s1. The molecule has 3 amide bonds. The third-order valence-electron chi connectivity index (χ3n) is 4.02. The highest BCUT2D eigenvalue weighted by Crippen LogP contribution is 2.40. The zero-order valence-electron chi connectivity index (χ0n) is 14.7. The van der Waals surface area contributed by atoms with Gasteiger partial charge in [-0.3, -0.25) is 19.4 Å². The van der Waals surface area contributed by atoms with E-state index in [0.717, 1.165) is 12.0 Å². The SMILES string of the molecule is COOC(=O)C1=C(COC(N)=O)CS[C@H]2[C@H](NC(=O)Cc3cccs3)C(=O)N12. The Morgan fingerprint density at radius 3 is 2.82 bits per heavy atom. The molecule has 2 atom stereocenters. The molecule has 1 aromatic heterocycles. The topological polar surface area (TPSA) is 137 Å². The first kappa shape index (κ1) is 20.2. The molecule has 28 heavy (non-hydrogen) atoms. The lowest BCUT2D eigenvalue weighted by atomic mass is 10.0. The number of ether oxygens (including phenoxy) is 1. The summed E-state index contributed by atoms with van der Waals surface area (Å²) in [5.74, 6) is -1.36. The van der Waals surface area contributed by atoms with Crippen molar-refractivity contribution in [2.45, 2.75) is 17.8 Å². The molecule has 10 nitrogen and oxygen atoms in total. The van der Waals surface area contributed by atoms with Gasteiger partial charge in [-0.05, 0) is 11.4 Å². The molecule has 2 aliphatic heterocycles. The van der Waals surface area contributed by atoms with E-state index in [1.807, 2.05) is 17.5 Å². The Bertz CT molecular complexity index is 824. The Labute approximate surface area is 167 Å². The number of fused-ring (bicyclic) bond motifs is 1. The maximum atomic E-state index is 12.6. The Morgan fingerprint density at radius 1 is 1.39 bits per heavy atom. The summed E-state index contributed by atoms with van der Waals surface area (Å²) in [5, 5.41) is 4.09. The summed E-state index contributed by atoms with van der Waals surface area (Å²) in [6, 6.07) is 2.91. The van der Waals surface area contributed by atoms with Gasteiger partial charge in [0.2, 0.25) is 5.91 Å². The lowest BCUT2D eigenvalue weighted by molar-refractivity contribution is -0.252. The lowest BCUT2D eigenvalue weighted by Gasteiger charge is -2.49. The molecule has 0 unspecified atom stereocenters. The van der Waals surface area contributed by atoms with Crippen molar-refractivity contribution in [1.82, 2.24) is 10.2 Å². The number of hydrogen-bond acceptors (Lipinski definition) is 9. The van der Waals surface area contributed by atoms with Gasteiger partial charge >= 0.3 is 12.1 Å². The lowest BCUT2D eigenvalue weighted by Crippen LogP contribution is -2.70. The smallest absolute Gasteiger partial charge is 0.404 e. The highest BCUT2D eigenvalue weighted by Gasteiger charge is 2.54. The molecule has 0 aliphatic carbocycles. The van der Waals surface area contributed by atoms with E-state index in [1.165, 1.54) is 28.0 Å². The molecule has 150 valence electrons. The molecular formula is C16H17N3O7S2. The normalized spacial score (nSPS) is 20.9. The quantitative estimate of drug-likeness (QED) is 0.356. The van der Waals surface area contributed by atoms with Crippen LogP contribution in [0.1, 0.15) is 4.88 Å². The van der Waals surface area contributed by atoms with Gasteiger partial charge < -0.3 is 15.8 Å². The minimum absolute atomic E-state index is 0.0689. The zero-order valence-corrected chi connectivity index (χ0v) is 16.3. The van der Waals surface area contributed by atoms with Crippen molar-refractivity contribution in [2.24, 2.45) is 5.73 Å². The fourth-order valence-electron chi connectivity index (χ4n) is 2.85. The van der Waals surface area contributed by atoms with Crippen LogP contribution in [0.5, 0.6) is 0 Å². The van der Waals surface area contributed by atoms with Gasteiger partial charge in [0.25, 0.3) is 5.91 Å². The number of carbonyl (C=O) groups excluding carboxylic acids is 4. The van der Waals surface area contributed by atoms with Gasteiger partial charge in [0.05, 0.1) is 13.5 Å².